The summed E-state index contributed by atoms with van der Waals surface area (Å²) in [6.07, 6.45) is 6.28. The second-order valence-electron chi connectivity index (χ2n) is 4.95. The normalized spacial score (nSPS) is 11.0. The van der Waals surface area contributed by atoms with E-state index in [-0.39, 0.29) is 12.6 Å². The summed E-state index contributed by atoms with van der Waals surface area (Å²) in [6.45, 7) is 6.94. The number of hydrogen-bond acceptors (Lipinski definition) is 4. The molecular weight excluding hydrogens is 266 g/mol. The molecule has 2 rings (SSSR count). The fourth-order valence-electron chi connectivity index (χ4n) is 1.96. The number of carbonyl (C=O) groups is 1. The molecule has 110 valence electrons. The number of esters is 1. The number of nitrogens with zero attached hydrogens (tertiary/aromatic N) is 3. The smallest absolute Gasteiger partial charge is 0.330 e. The molecule has 0 bridgehead atoms. The molecule has 0 atom stereocenters. The maximum Gasteiger partial charge on any atom is 0.330 e. The monoisotopic (exact) mass is 285 g/mol. The van der Waals surface area contributed by atoms with Crippen LogP contribution in [0.25, 0.3) is 6.08 Å². The van der Waals surface area contributed by atoms with Gasteiger partial charge >= 0.3 is 5.97 Å². The summed E-state index contributed by atoms with van der Waals surface area (Å²) in [5.41, 5.74) is 4.64. The molecule has 2 aromatic rings. The third kappa shape index (κ3) is 4.27. The molecule has 1 aromatic carbocycles. The van der Waals surface area contributed by atoms with Crippen LogP contribution >= 0.6 is 0 Å². The Bertz CT molecular complexity index is 646. The first-order chi connectivity index (χ1) is 10.1. The summed E-state index contributed by atoms with van der Waals surface area (Å²) in [5, 5.41) is 3.93. The molecule has 1 heterocycles. The van der Waals surface area contributed by atoms with Crippen LogP contribution in [-0.2, 0) is 16.1 Å². The van der Waals surface area contributed by atoms with Crippen LogP contribution in [0.5, 0.6) is 0 Å². The summed E-state index contributed by atoms with van der Waals surface area (Å²) >= 11 is 0. The molecule has 5 heteroatoms. The lowest BCUT2D eigenvalue weighted by Crippen LogP contribution is -2.09. The Labute approximate surface area is 124 Å². The number of benzene rings is 1. The molecule has 0 aliphatic rings. The van der Waals surface area contributed by atoms with Gasteiger partial charge in [-0.3, -0.25) is 0 Å². The molecule has 0 saturated heterocycles. The SMILES string of the molecule is Cc1cc(C)c(C=CC(=O)OCCn2cncn2)cc1C. The molecule has 0 N–H and O–H groups in total. The van der Waals surface area contributed by atoms with Gasteiger partial charge in [0.15, 0.2) is 0 Å². The fraction of sp³-hybridized carbons (Fsp3) is 0.312. The predicted molar refractivity (Wildman–Crippen MR) is 80.7 cm³/mol. The molecule has 1 aromatic heterocycles. The molecule has 0 unspecified atom stereocenters. The number of ether oxygens (including phenoxy) is 1. The van der Waals surface area contributed by atoms with Crippen molar-refractivity contribution in [2.45, 2.75) is 27.3 Å². The number of rotatable bonds is 5. The van der Waals surface area contributed by atoms with Crippen molar-refractivity contribution in [1.29, 1.82) is 0 Å². The number of carbonyl (C=O) groups excluding carboxylic acids is 1. The van der Waals surface area contributed by atoms with Gasteiger partial charge in [-0.25, -0.2) is 14.5 Å². The van der Waals surface area contributed by atoms with E-state index in [4.69, 9.17) is 4.74 Å². The fourth-order valence-corrected chi connectivity index (χ4v) is 1.96. The highest BCUT2D eigenvalue weighted by molar-refractivity contribution is 5.87. The Balaban J connectivity index is 1.88. The van der Waals surface area contributed by atoms with E-state index < -0.39 is 0 Å². The quantitative estimate of drug-likeness (QED) is 0.625. The van der Waals surface area contributed by atoms with Crippen molar-refractivity contribution in [3.05, 3.63) is 53.1 Å². The van der Waals surface area contributed by atoms with Crippen LogP contribution in [-0.4, -0.2) is 27.3 Å². The Morgan fingerprint density at radius 1 is 1.24 bits per heavy atom. The highest BCUT2D eigenvalue weighted by Gasteiger charge is 2.01. The van der Waals surface area contributed by atoms with E-state index >= 15 is 0 Å². The van der Waals surface area contributed by atoms with Gasteiger partial charge in [0.1, 0.15) is 19.3 Å². The molecule has 0 amide bonds. The van der Waals surface area contributed by atoms with Crippen LogP contribution in [0.15, 0.2) is 30.9 Å². The van der Waals surface area contributed by atoms with E-state index in [2.05, 4.69) is 36.1 Å². The van der Waals surface area contributed by atoms with Gasteiger partial charge in [0, 0.05) is 6.08 Å². The largest absolute Gasteiger partial charge is 0.461 e. The number of aryl methyl sites for hydroxylation is 3. The van der Waals surface area contributed by atoms with E-state index in [0.29, 0.717) is 6.54 Å². The Morgan fingerprint density at radius 2 is 2.00 bits per heavy atom. The molecule has 0 aliphatic heterocycles. The van der Waals surface area contributed by atoms with Crippen LogP contribution in [0.3, 0.4) is 0 Å². The molecule has 0 spiro atoms. The molecule has 0 aliphatic carbocycles. The topological polar surface area (TPSA) is 57.0 Å². The first-order valence-electron chi connectivity index (χ1n) is 6.81. The van der Waals surface area contributed by atoms with Gasteiger partial charge in [-0.2, -0.15) is 5.10 Å². The molecule has 21 heavy (non-hydrogen) atoms. The molecule has 0 fully saturated rings. The zero-order chi connectivity index (χ0) is 15.2. The summed E-state index contributed by atoms with van der Waals surface area (Å²) in [4.78, 5) is 15.5. The third-order valence-corrected chi connectivity index (χ3v) is 3.31. The van der Waals surface area contributed by atoms with E-state index in [1.807, 2.05) is 6.92 Å². The predicted octanol–water partition coefficient (Wildman–Crippen LogP) is 2.46. The minimum atomic E-state index is -0.354. The van der Waals surface area contributed by atoms with E-state index in [1.165, 1.54) is 23.5 Å². The Hall–Kier alpha value is -2.43. The van der Waals surface area contributed by atoms with Gasteiger partial charge in [-0.1, -0.05) is 12.1 Å². The van der Waals surface area contributed by atoms with Crippen LogP contribution in [0.4, 0.5) is 0 Å². The minimum Gasteiger partial charge on any atom is -0.461 e. The van der Waals surface area contributed by atoms with Gasteiger partial charge < -0.3 is 4.74 Å². The number of aromatic nitrogens is 3. The summed E-state index contributed by atoms with van der Waals surface area (Å²) in [7, 11) is 0. The van der Waals surface area contributed by atoms with Crippen molar-refractivity contribution >= 4 is 12.0 Å². The zero-order valence-corrected chi connectivity index (χ0v) is 12.5. The van der Waals surface area contributed by atoms with E-state index in [0.717, 1.165) is 11.1 Å². The molecular formula is C16H19N3O2. The van der Waals surface area contributed by atoms with Gasteiger partial charge in [-0.05, 0) is 49.1 Å². The average molecular weight is 285 g/mol. The zero-order valence-electron chi connectivity index (χ0n) is 12.5. The van der Waals surface area contributed by atoms with Gasteiger partial charge in [0.2, 0.25) is 0 Å². The van der Waals surface area contributed by atoms with Crippen molar-refractivity contribution in [1.82, 2.24) is 14.8 Å². The summed E-state index contributed by atoms with van der Waals surface area (Å²) in [6, 6.07) is 4.19. The summed E-state index contributed by atoms with van der Waals surface area (Å²) in [5.74, 6) is -0.354. The lowest BCUT2D eigenvalue weighted by atomic mass is 10.0. The highest BCUT2D eigenvalue weighted by atomic mass is 16.5. The maximum absolute atomic E-state index is 11.7. The number of hydrogen-bond donors (Lipinski definition) is 0. The van der Waals surface area contributed by atoms with Crippen molar-refractivity contribution in [3.63, 3.8) is 0 Å². The lowest BCUT2D eigenvalue weighted by molar-refractivity contribution is -0.138. The van der Waals surface area contributed by atoms with Crippen molar-refractivity contribution in [3.8, 4) is 0 Å². The second kappa shape index (κ2) is 6.83. The Morgan fingerprint density at radius 3 is 2.71 bits per heavy atom. The van der Waals surface area contributed by atoms with E-state index in [9.17, 15) is 4.79 Å². The second-order valence-corrected chi connectivity index (χ2v) is 4.95. The van der Waals surface area contributed by atoms with Crippen LogP contribution in [0, 0.1) is 20.8 Å². The van der Waals surface area contributed by atoms with Gasteiger partial charge in [0.25, 0.3) is 0 Å². The Kier molecular flexibility index (Phi) is 4.87. The van der Waals surface area contributed by atoms with Crippen LogP contribution in [0.2, 0.25) is 0 Å². The molecule has 0 radical (unpaired) electrons. The van der Waals surface area contributed by atoms with Crippen LogP contribution < -0.4 is 0 Å². The first kappa shape index (κ1) is 15.0. The average Bonchev–Trinajstić information content (AvgIpc) is 2.94. The van der Waals surface area contributed by atoms with Crippen molar-refractivity contribution in [2.75, 3.05) is 6.61 Å². The van der Waals surface area contributed by atoms with Crippen LogP contribution in [0.1, 0.15) is 22.3 Å². The minimum absolute atomic E-state index is 0.276. The molecule has 5 nitrogen and oxygen atoms in total. The van der Waals surface area contributed by atoms with Gasteiger partial charge in [0.05, 0.1) is 6.54 Å². The standard InChI is InChI=1S/C16H19N3O2/c1-12-8-14(3)15(9-13(12)2)4-5-16(20)21-7-6-19-11-17-10-18-19/h4-5,8-11H,6-7H2,1-3H3. The highest BCUT2D eigenvalue weighted by Crippen LogP contribution is 2.16. The third-order valence-electron chi connectivity index (χ3n) is 3.31. The van der Waals surface area contributed by atoms with Crippen molar-refractivity contribution in [2.24, 2.45) is 0 Å². The van der Waals surface area contributed by atoms with Crippen molar-refractivity contribution < 1.29 is 9.53 Å². The summed E-state index contributed by atoms with van der Waals surface area (Å²) < 4.78 is 6.73. The lowest BCUT2D eigenvalue weighted by Gasteiger charge is -2.06. The van der Waals surface area contributed by atoms with E-state index in [1.54, 1.807) is 17.1 Å². The molecule has 0 saturated carbocycles. The first-order valence-corrected chi connectivity index (χ1v) is 6.81. The maximum atomic E-state index is 11.7. The van der Waals surface area contributed by atoms with Gasteiger partial charge in [-0.15, -0.1) is 0 Å².